The van der Waals surface area contributed by atoms with Gasteiger partial charge in [-0.25, -0.2) is 8.42 Å². The molecule has 0 saturated carbocycles. The number of anilines is 1. The van der Waals surface area contributed by atoms with E-state index in [9.17, 15) is 18.0 Å². The molecular weight excluding hydrogens is 406 g/mol. The first-order valence-corrected chi connectivity index (χ1v) is 11.9. The predicted molar refractivity (Wildman–Crippen MR) is 114 cm³/mol. The molecule has 2 saturated heterocycles. The summed E-state index contributed by atoms with van der Waals surface area (Å²) in [5.74, 6) is 0.951. The lowest BCUT2D eigenvalue weighted by Crippen LogP contribution is -2.50. The van der Waals surface area contributed by atoms with Crippen LogP contribution in [-0.2, 0) is 14.8 Å². The molecule has 2 aromatic heterocycles. The molecular formula is C20H27N5O4S. The van der Waals surface area contributed by atoms with Crippen LogP contribution < -0.4 is 4.90 Å². The molecule has 0 aromatic carbocycles. The lowest BCUT2D eigenvalue weighted by molar-refractivity contribution is -0.130. The summed E-state index contributed by atoms with van der Waals surface area (Å²) in [6, 6.07) is 7.76. The fraction of sp³-hybridized carbons (Fsp3) is 0.500. The van der Waals surface area contributed by atoms with E-state index in [1.54, 1.807) is 16.7 Å². The first kappa shape index (κ1) is 20.7. The second-order valence-corrected chi connectivity index (χ2v) is 9.83. The van der Waals surface area contributed by atoms with Crippen LogP contribution in [-0.4, -0.2) is 97.4 Å². The molecule has 2 aromatic rings. The lowest BCUT2D eigenvalue weighted by atomic mass is 10.2. The molecule has 2 aliphatic rings. The molecule has 4 heterocycles. The van der Waals surface area contributed by atoms with Gasteiger partial charge < -0.3 is 19.1 Å². The fourth-order valence-electron chi connectivity index (χ4n) is 4.13. The number of fused-ring (bicyclic) bond motifs is 1. The molecule has 0 bridgehead atoms. The van der Waals surface area contributed by atoms with Crippen LogP contribution in [0.3, 0.4) is 0 Å². The lowest BCUT2D eigenvalue weighted by Gasteiger charge is -2.35. The number of nitrogens with zero attached hydrogens (tertiary/aromatic N) is 5. The van der Waals surface area contributed by atoms with Crippen molar-refractivity contribution in [2.45, 2.75) is 6.92 Å². The van der Waals surface area contributed by atoms with Crippen molar-refractivity contribution < 1.29 is 18.0 Å². The van der Waals surface area contributed by atoms with E-state index in [0.29, 0.717) is 57.9 Å². The average Bonchev–Trinajstić information content (AvgIpc) is 3.16. The van der Waals surface area contributed by atoms with Gasteiger partial charge in [-0.2, -0.15) is 4.31 Å². The summed E-state index contributed by atoms with van der Waals surface area (Å²) >= 11 is 0. The zero-order valence-corrected chi connectivity index (χ0v) is 18.1. The molecule has 0 unspecified atom stereocenters. The minimum absolute atomic E-state index is 0.0384. The molecule has 10 heteroatoms. The van der Waals surface area contributed by atoms with Gasteiger partial charge in [-0.05, 0) is 24.3 Å². The highest BCUT2D eigenvalue weighted by Crippen LogP contribution is 2.23. The first-order chi connectivity index (χ1) is 14.2. The minimum Gasteiger partial charge on any atom is -0.355 e. The average molecular weight is 434 g/mol. The zero-order valence-electron chi connectivity index (χ0n) is 17.3. The highest BCUT2D eigenvalue weighted by atomic mass is 32.2. The van der Waals surface area contributed by atoms with E-state index >= 15 is 0 Å². The number of rotatable bonds is 3. The molecule has 9 nitrogen and oxygen atoms in total. The molecule has 30 heavy (non-hydrogen) atoms. The third-order valence-corrected chi connectivity index (χ3v) is 7.22. The van der Waals surface area contributed by atoms with Crippen molar-refractivity contribution in [3.8, 4) is 0 Å². The quantitative estimate of drug-likeness (QED) is 0.696. The monoisotopic (exact) mass is 433 g/mol. The molecule has 2 aliphatic heterocycles. The van der Waals surface area contributed by atoms with Gasteiger partial charge in [-0.3, -0.25) is 9.59 Å². The van der Waals surface area contributed by atoms with Crippen molar-refractivity contribution in [2.24, 2.45) is 0 Å². The number of carbonyl (C=O) groups is 2. The molecule has 162 valence electrons. The summed E-state index contributed by atoms with van der Waals surface area (Å²) in [6.07, 6.45) is 3.09. The third kappa shape index (κ3) is 4.01. The van der Waals surface area contributed by atoms with Crippen LogP contribution in [0, 0.1) is 0 Å². The highest BCUT2D eigenvalue weighted by molar-refractivity contribution is 7.88. The maximum atomic E-state index is 13.0. The van der Waals surface area contributed by atoms with Crippen molar-refractivity contribution in [2.75, 3.05) is 63.5 Å². The van der Waals surface area contributed by atoms with Gasteiger partial charge in [-0.15, -0.1) is 0 Å². The van der Waals surface area contributed by atoms with Crippen LogP contribution in [0.25, 0.3) is 5.52 Å². The van der Waals surface area contributed by atoms with Gasteiger partial charge in [0.15, 0.2) is 0 Å². The topological polar surface area (TPSA) is 85.7 Å². The van der Waals surface area contributed by atoms with Crippen molar-refractivity contribution in [3.05, 3.63) is 36.0 Å². The molecule has 0 radical (unpaired) electrons. The molecule has 0 atom stereocenters. The Kier molecular flexibility index (Phi) is 5.46. The molecule has 4 rings (SSSR count). The summed E-state index contributed by atoms with van der Waals surface area (Å²) in [4.78, 5) is 30.2. The van der Waals surface area contributed by atoms with Gasteiger partial charge in [0.05, 0.1) is 11.8 Å². The summed E-state index contributed by atoms with van der Waals surface area (Å²) < 4.78 is 27.0. The Labute approximate surface area is 176 Å². The maximum absolute atomic E-state index is 13.0. The Balaban J connectivity index is 1.51. The maximum Gasteiger partial charge on any atom is 0.255 e. The van der Waals surface area contributed by atoms with E-state index in [4.69, 9.17) is 0 Å². The summed E-state index contributed by atoms with van der Waals surface area (Å²) in [7, 11) is -3.18. The van der Waals surface area contributed by atoms with E-state index < -0.39 is 10.0 Å². The van der Waals surface area contributed by atoms with Crippen LogP contribution >= 0.6 is 0 Å². The van der Waals surface area contributed by atoms with E-state index in [-0.39, 0.29) is 11.8 Å². The van der Waals surface area contributed by atoms with Crippen molar-refractivity contribution in [3.63, 3.8) is 0 Å². The Morgan fingerprint density at radius 1 is 0.833 bits per heavy atom. The van der Waals surface area contributed by atoms with Gasteiger partial charge in [0.2, 0.25) is 15.9 Å². The Bertz CT molecular complexity index is 1060. The molecule has 2 fully saturated rings. The number of carbonyl (C=O) groups excluding carboxylic acids is 2. The SMILES string of the molecule is CC(=O)N1CCN(C(=O)c2ccc3ccc(N4CCN(S(C)(=O)=O)CC4)n3c2)CC1. The predicted octanol–water partition coefficient (Wildman–Crippen LogP) is 0.325. The summed E-state index contributed by atoms with van der Waals surface area (Å²) in [5, 5.41) is 0. The van der Waals surface area contributed by atoms with Gasteiger partial charge in [0, 0.05) is 71.0 Å². The van der Waals surface area contributed by atoms with Crippen molar-refractivity contribution >= 4 is 33.2 Å². The van der Waals surface area contributed by atoms with Crippen molar-refractivity contribution in [1.29, 1.82) is 0 Å². The second kappa shape index (κ2) is 7.92. The van der Waals surface area contributed by atoms with E-state index in [2.05, 4.69) is 4.90 Å². The number of hydrogen-bond acceptors (Lipinski definition) is 5. The number of aromatic nitrogens is 1. The fourth-order valence-corrected chi connectivity index (χ4v) is 4.95. The normalized spacial score (nSPS) is 18.8. The van der Waals surface area contributed by atoms with Gasteiger partial charge >= 0.3 is 0 Å². The van der Waals surface area contributed by atoms with Crippen LogP contribution in [0.5, 0.6) is 0 Å². The summed E-state index contributed by atoms with van der Waals surface area (Å²) in [6.45, 7) is 5.83. The van der Waals surface area contributed by atoms with Crippen LogP contribution in [0.1, 0.15) is 17.3 Å². The van der Waals surface area contributed by atoms with Crippen LogP contribution in [0.4, 0.5) is 5.82 Å². The zero-order chi connectivity index (χ0) is 21.5. The van der Waals surface area contributed by atoms with Crippen LogP contribution in [0.15, 0.2) is 30.5 Å². The van der Waals surface area contributed by atoms with E-state index in [1.165, 1.54) is 10.6 Å². The van der Waals surface area contributed by atoms with E-state index in [1.807, 2.05) is 34.9 Å². The van der Waals surface area contributed by atoms with Gasteiger partial charge in [0.1, 0.15) is 5.82 Å². The number of pyridine rings is 1. The number of amides is 2. The molecule has 0 aliphatic carbocycles. The Morgan fingerprint density at radius 2 is 1.43 bits per heavy atom. The molecule has 0 spiro atoms. The number of hydrogen-bond donors (Lipinski definition) is 0. The summed E-state index contributed by atoms with van der Waals surface area (Å²) in [5.41, 5.74) is 1.58. The Morgan fingerprint density at radius 3 is 2.03 bits per heavy atom. The minimum atomic E-state index is -3.18. The standard InChI is InChI=1S/C20H27N5O4S/c1-16(26)21-7-9-23(10-8-21)20(27)17-3-4-18-5-6-19(25(18)15-17)22-11-13-24(14-12-22)30(2,28)29/h3-6,15H,7-14H2,1-2H3. The van der Waals surface area contributed by atoms with E-state index in [0.717, 1.165) is 11.3 Å². The number of sulfonamides is 1. The smallest absolute Gasteiger partial charge is 0.255 e. The number of piperazine rings is 2. The Hall–Kier alpha value is -2.59. The van der Waals surface area contributed by atoms with Gasteiger partial charge in [0.25, 0.3) is 5.91 Å². The van der Waals surface area contributed by atoms with Crippen LogP contribution in [0.2, 0.25) is 0 Å². The van der Waals surface area contributed by atoms with Gasteiger partial charge in [-0.1, -0.05) is 0 Å². The highest BCUT2D eigenvalue weighted by Gasteiger charge is 2.26. The molecule has 2 amide bonds. The largest absolute Gasteiger partial charge is 0.355 e. The van der Waals surface area contributed by atoms with Crippen molar-refractivity contribution in [1.82, 2.24) is 18.5 Å². The third-order valence-electron chi connectivity index (χ3n) is 5.92. The molecule has 0 N–H and O–H groups in total. The second-order valence-electron chi connectivity index (χ2n) is 7.85. The first-order valence-electron chi connectivity index (χ1n) is 10.1.